The Morgan fingerprint density at radius 1 is 1.03 bits per heavy atom. The van der Waals surface area contributed by atoms with Crippen LogP contribution >= 0.6 is 0 Å². The predicted octanol–water partition coefficient (Wildman–Crippen LogP) is 5.55. The van der Waals surface area contributed by atoms with Gasteiger partial charge in [0.05, 0.1) is 23.4 Å². The topological polar surface area (TPSA) is 86.5 Å². The molecule has 0 aliphatic heterocycles. The summed E-state index contributed by atoms with van der Waals surface area (Å²) in [5.41, 5.74) is 5.86. The molecule has 3 aromatic carbocycles. The van der Waals surface area contributed by atoms with Crippen molar-refractivity contribution in [3.8, 4) is 11.1 Å². The molecule has 0 fully saturated rings. The van der Waals surface area contributed by atoms with E-state index in [-0.39, 0.29) is 17.4 Å². The fourth-order valence-electron chi connectivity index (χ4n) is 5.73. The van der Waals surface area contributed by atoms with Crippen LogP contribution in [0.3, 0.4) is 0 Å². The highest BCUT2D eigenvalue weighted by Crippen LogP contribution is 2.48. The number of ether oxygens (including phenoxy) is 1. The monoisotopic (exact) mass is 455 g/mol. The average Bonchev–Trinajstić information content (AvgIpc) is 2.87. The summed E-state index contributed by atoms with van der Waals surface area (Å²) in [4.78, 5) is 37.2. The van der Waals surface area contributed by atoms with Crippen LogP contribution in [-0.2, 0) is 27.8 Å². The molecule has 0 bridgehead atoms. The van der Waals surface area contributed by atoms with Gasteiger partial charge in [-0.2, -0.15) is 0 Å². The zero-order valence-electron chi connectivity index (χ0n) is 19.2. The number of methoxy groups -OCH3 is 1. The third-order valence-corrected chi connectivity index (χ3v) is 7.45. The third-order valence-electron chi connectivity index (χ3n) is 7.45. The van der Waals surface area contributed by atoms with Crippen LogP contribution in [0.15, 0.2) is 60.7 Å². The van der Waals surface area contributed by atoms with Gasteiger partial charge in [-0.1, -0.05) is 36.4 Å². The van der Waals surface area contributed by atoms with Crippen LogP contribution in [0.25, 0.3) is 11.1 Å². The Bertz CT molecular complexity index is 1330. The predicted molar refractivity (Wildman–Crippen MR) is 128 cm³/mol. The molecule has 0 spiro atoms. The molecule has 0 saturated heterocycles. The number of esters is 1. The Hall–Kier alpha value is -3.80. The molecule has 34 heavy (non-hydrogen) atoms. The first kappa shape index (κ1) is 22.0. The summed E-state index contributed by atoms with van der Waals surface area (Å²) in [5, 5.41) is 11.1. The Balaban J connectivity index is 1.69. The van der Waals surface area contributed by atoms with E-state index < -0.39 is 16.3 Å². The van der Waals surface area contributed by atoms with Crippen LogP contribution in [-0.4, -0.2) is 23.8 Å². The second kappa shape index (κ2) is 8.20. The molecule has 0 amide bonds. The molecule has 2 atom stereocenters. The Morgan fingerprint density at radius 3 is 2.47 bits per heavy atom. The number of nitro groups is 1. The molecule has 0 aromatic heterocycles. The number of Topliss-reactive ketones (excluding diaryl/α,β-unsaturated/α-hetero) is 1. The van der Waals surface area contributed by atoms with E-state index in [1.165, 1.54) is 31.4 Å². The fourth-order valence-corrected chi connectivity index (χ4v) is 5.73. The molecule has 0 N–H and O–H groups in total. The molecule has 2 aliphatic rings. The smallest absolute Gasteiger partial charge is 0.316 e. The second-order valence-corrected chi connectivity index (χ2v) is 9.31. The number of benzene rings is 3. The van der Waals surface area contributed by atoms with E-state index in [0.717, 1.165) is 46.2 Å². The van der Waals surface area contributed by atoms with Crippen molar-refractivity contribution >= 4 is 17.4 Å². The maximum absolute atomic E-state index is 13.8. The van der Waals surface area contributed by atoms with E-state index in [1.807, 2.05) is 37.3 Å². The molecular formula is C28H25NO5. The van der Waals surface area contributed by atoms with Gasteiger partial charge in [-0.05, 0) is 78.1 Å². The summed E-state index contributed by atoms with van der Waals surface area (Å²) in [6.07, 6.45) is 2.86. The number of rotatable bonds is 4. The average molecular weight is 456 g/mol. The van der Waals surface area contributed by atoms with Crippen LogP contribution in [0.5, 0.6) is 0 Å². The number of carbonyl (C=O) groups excluding carboxylic acids is 2. The zero-order valence-corrected chi connectivity index (χ0v) is 19.2. The van der Waals surface area contributed by atoms with Crippen molar-refractivity contribution in [1.82, 2.24) is 0 Å². The van der Waals surface area contributed by atoms with Crippen LogP contribution in [0.2, 0.25) is 0 Å². The largest absolute Gasteiger partial charge is 0.468 e. The molecule has 0 saturated carbocycles. The van der Waals surface area contributed by atoms with Crippen LogP contribution in [0.1, 0.15) is 58.3 Å². The lowest BCUT2D eigenvalue weighted by Gasteiger charge is -2.38. The maximum atomic E-state index is 13.8. The molecule has 6 heteroatoms. The lowest BCUT2D eigenvalue weighted by molar-refractivity contribution is -0.384. The summed E-state index contributed by atoms with van der Waals surface area (Å²) >= 11 is 0. The van der Waals surface area contributed by atoms with Gasteiger partial charge in [0.1, 0.15) is 0 Å². The minimum Gasteiger partial charge on any atom is -0.468 e. The standard InChI is InChI=1S/C28H25NO5/c1-28(27(31)34-2)15-5-8-22-24(28)14-13-21-20-7-4-3-6-18(20)16-23(25(21)22)26(30)17-9-11-19(12-10-17)29(32)33/h3-4,6-7,9-14,23H,5,8,15-16H2,1-2H3. The highest BCUT2D eigenvalue weighted by Gasteiger charge is 2.43. The molecule has 2 unspecified atom stereocenters. The number of ketones is 1. The van der Waals surface area contributed by atoms with Gasteiger partial charge in [0.15, 0.2) is 5.78 Å². The lowest BCUT2D eigenvalue weighted by Crippen LogP contribution is -2.38. The van der Waals surface area contributed by atoms with Gasteiger partial charge < -0.3 is 4.74 Å². The van der Waals surface area contributed by atoms with Crippen molar-refractivity contribution in [2.75, 3.05) is 7.11 Å². The van der Waals surface area contributed by atoms with E-state index in [0.29, 0.717) is 18.4 Å². The SMILES string of the molecule is COC(=O)C1(C)CCCc2c1ccc1c2C(C(=O)c2ccc([N+](=O)[O-])cc2)Cc2ccccc2-1. The molecule has 172 valence electrons. The van der Waals surface area contributed by atoms with E-state index >= 15 is 0 Å². The number of fused-ring (bicyclic) bond motifs is 5. The summed E-state index contributed by atoms with van der Waals surface area (Å²) in [7, 11) is 1.41. The van der Waals surface area contributed by atoms with Gasteiger partial charge in [-0.15, -0.1) is 0 Å². The number of non-ortho nitro benzene ring substituents is 1. The van der Waals surface area contributed by atoms with Crippen LogP contribution in [0.4, 0.5) is 5.69 Å². The zero-order chi connectivity index (χ0) is 24.0. The van der Waals surface area contributed by atoms with E-state index in [9.17, 15) is 19.7 Å². The van der Waals surface area contributed by atoms with Crippen molar-refractivity contribution in [3.63, 3.8) is 0 Å². The minimum atomic E-state index is -0.755. The van der Waals surface area contributed by atoms with Crippen molar-refractivity contribution in [2.24, 2.45) is 0 Å². The van der Waals surface area contributed by atoms with Crippen molar-refractivity contribution in [2.45, 2.75) is 43.9 Å². The Morgan fingerprint density at radius 2 is 1.76 bits per heavy atom. The highest BCUT2D eigenvalue weighted by atomic mass is 16.6. The second-order valence-electron chi connectivity index (χ2n) is 9.31. The quantitative estimate of drug-likeness (QED) is 0.223. The van der Waals surface area contributed by atoms with Gasteiger partial charge in [0.2, 0.25) is 0 Å². The molecule has 0 heterocycles. The molecular weight excluding hydrogens is 430 g/mol. The number of carbonyl (C=O) groups is 2. The summed E-state index contributed by atoms with van der Waals surface area (Å²) in [5.74, 6) is -0.756. The molecule has 3 aromatic rings. The van der Waals surface area contributed by atoms with Gasteiger partial charge in [0.25, 0.3) is 5.69 Å². The number of nitrogens with zero attached hydrogens (tertiary/aromatic N) is 1. The molecule has 2 aliphatic carbocycles. The third kappa shape index (κ3) is 3.33. The maximum Gasteiger partial charge on any atom is 0.316 e. The number of hydrogen-bond donors (Lipinski definition) is 0. The van der Waals surface area contributed by atoms with Crippen molar-refractivity contribution in [3.05, 3.63) is 98.6 Å². The Kier molecular flexibility index (Phi) is 5.31. The minimum absolute atomic E-state index is 0.0443. The van der Waals surface area contributed by atoms with E-state index in [2.05, 4.69) is 6.07 Å². The normalized spacial score (nSPS) is 20.5. The fraction of sp³-hybridized carbons (Fsp3) is 0.286. The van der Waals surface area contributed by atoms with Crippen LogP contribution < -0.4 is 0 Å². The van der Waals surface area contributed by atoms with E-state index in [4.69, 9.17) is 4.74 Å². The molecule has 6 nitrogen and oxygen atoms in total. The summed E-state index contributed by atoms with van der Waals surface area (Å²) in [6.45, 7) is 1.92. The van der Waals surface area contributed by atoms with Gasteiger partial charge >= 0.3 is 5.97 Å². The first-order chi connectivity index (χ1) is 16.3. The van der Waals surface area contributed by atoms with Gasteiger partial charge in [-0.3, -0.25) is 19.7 Å². The van der Waals surface area contributed by atoms with Crippen molar-refractivity contribution < 1.29 is 19.2 Å². The molecule has 0 radical (unpaired) electrons. The van der Waals surface area contributed by atoms with Gasteiger partial charge in [-0.25, -0.2) is 0 Å². The first-order valence-electron chi connectivity index (χ1n) is 11.5. The van der Waals surface area contributed by atoms with Crippen molar-refractivity contribution in [1.29, 1.82) is 0 Å². The first-order valence-corrected chi connectivity index (χ1v) is 11.5. The lowest BCUT2D eigenvalue weighted by atomic mass is 9.65. The number of nitro benzene ring substituents is 1. The molecule has 5 rings (SSSR count). The number of hydrogen-bond acceptors (Lipinski definition) is 5. The highest BCUT2D eigenvalue weighted by molar-refractivity contribution is 6.04. The Labute approximate surface area is 197 Å². The van der Waals surface area contributed by atoms with Gasteiger partial charge in [0, 0.05) is 17.7 Å². The van der Waals surface area contributed by atoms with Crippen LogP contribution in [0, 0.1) is 10.1 Å². The summed E-state index contributed by atoms with van der Waals surface area (Å²) < 4.78 is 5.16. The van der Waals surface area contributed by atoms with E-state index in [1.54, 1.807) is 0 Å². The summed E-state index contributed by atoms with van der Waals surface area (Å²) in [6, 6.07) is 18.0.